The van der Waals surface area contributed by atoms with Crippen molar-refractivity contribution in [1.29, 1.82) is 0 Å². The van der Waals surface area contributed by atoms with Gasteiger partial charge in [0.15, 0.2) is 0 Å². The minimum Gasteiger partial charge on any atom is -0.481 e. The lowest BCUT2D eigenvalue weighted by Gasteiger charge is -2.29. The molecule has 0 bridgehead atoms. The smallest absolute Gasteiger partial charge is 0.326 e. The van der Waals surface area contributed by atoms with E-state index in [4.69, 9.17) is 10.8 Å². The van der Waals surface area contributed by atoms with Crippen LogP contribution in [0.2, 0.25) is 0 Å². The molecule has 1 saturated heterocycles. The van der Waals surface area contributed by atoms with Crippen molar-refractivity contribution in [1.82, 2.24) is 15.5 Å². The number of nitrogens with one attached hydrogen (secondary N) is 2. The van der Waals surface area contributed by atoms with Gasteiger partial charge in [-0.3, -0.25) is 19.2 Å². The van der Waals surface area contributed by atoms with E-state index in [9.17, 15) is 34.2 Å². The summed E-state index contributed by atoms with van der Waals surface area (Å²) < 4.78 is 0. The largest absolute Gasteiger partial charge is 0.481 e. The summed E-state index contributed by atoms with van der Waals surface area (Å²) >= 11 is 0. The molecule has 3 amide bonds. The lowest BCUT2D eigenvalue weighted by Crippen LogP contribution is -2.60. The Kier molecular flexibility index (Phi) is 9.85. The number of amides is 3. The van der Waals surface area contributed by atoms with E-state index in [0.717, 1.165) is 4.90 Å². The molecule has 0 aromatic carbocycles. The fraction of sp³-hybridized carbons (Fsp3) is 0.737. The van der Waals surface area contributed by atoms with Gasteiger partial charge in [-0.05, 0) is 32.1 Å². The van der Waals surface area contributed by atoms with Gasteiger partial charge in [0.25, 0.3) is 0 Å². The predicted octanol–water partition coefficient (Wildman–Crippen LogP) is -1.74. The summed E-state index contributed by atoms with van der Waals surface area (Å²) in [6.07, 6.45) is -1.17. The minimum atomic E-state index is -1.56. The van der Waals surface area contributed by atoms with Crippen molar-refractivity contribution >= 4 is 29.7 Å². The highest BCUT2D eigenvalue weighted by atomic mass is 16.4. The molecule has 0 saturated carbocycles. The van der Waals surface area contributed by atoms with Gasteiger partial charge in [-0.15, -0.1) is 0 Å². The van der Waals surface area contributed by atoms with E-state index in [0.29, 0.717) is 12.8 Å². The van der Waals surface area contributed by atoms with Crippen molar-refractivity contribution in [2.75, 3.05) is 6.54 Å². The SMILES string of the molecule is CC(C)CC(N)C(=O)NC(C(=O)NC(CC(=O)O)C(=O)N1CCCC1C(=O)O)C(C)O. The molecule has 0 spiro atoms. The average molecular weight is 444 g/mol. The molecule has 12 nitrogen and oxygen atoms in total. The van der Waals surface area contributed by atoms with Gasteiger partial charge in [0, 0.05) is 6.54 Å². The maximum atomic E-state index is 12.8. The molecule has 7 N–H and O–H groups in total. The Morgan fingerprint density at radius 3 is 2.16 bits per heavy atom. The summed E-state index contributed by atoms with van der Waals surface area (Å²) in [5.41, 5.74) is 5.79. The molecule has 1 rings (SSSR count). The zero-order valence-electron chi connectivity index (χ0n) is 17.9. The van der Waals surface area contributed by atoms with E-state index in [1.54, 1.807) is 0 Å². The van der Waals surface area contributed by atoms with Gasteiger partial charge >= 0.3 is 11.9 Å². The Morgan fingerprint density at radius 2 is 1.68 bits per heavy atom. The van der Waals surface area contributed by atoms with Gasteiger partial charge in [-0.25, -0.2) is 4.79 Å². The number of nitrogens with zero attached hydrogens (tertiary/aromatic N) is 1. The number of hydrogen-bond acceptors (Lipinski definition) is 7. The van der Waals surface area contributed by atoms with Crippen LogP contribution in [-0.2, 0) is 24.0 Å². The molecular formula is C19H32N4O8. The third kappa shape index (κ3) is 7.79. The Balaban J connectivity index is 2.96. The van der Waals surface area contributed by atoms with Crippen LogP contribution in [0.5, 0.6) is 0 Å². The second-order valence-corrected chi connectivity index (χ2v) is 8.15. The number of aliphatic carboxylic acids is 2. The number of carbonyl (C=O) groups excluding carboxylic acids is 3. The van der Waals surface area contributed by atoms with Crippen LogP contribution in [0.4, 0.5) is 0 Å². The van der Waals surface area contributed by atoms with Gasteiger partial charge in [0.1, 0.15) is 18.1 Å². The first kappa shape index (κ1) is 26.3. The Morgan fingerprint density at radius 1 is 1.06 bits per heavy atom. The van der Waals surface area contributed by atoms with Crippen LogP contribution in [-0.4, -0.2) is 86.7 Å². The summed E-state index contributed by atoms with van der Waals surface area (Å²) in [6.45, 7) is 5.07. The normalized spacial score (nSPS) is 19.9. The Labute approximate surface area is 180 Å². The molecule has 0 radical (unpaired) electrons. The summed E-state index contributed by atoms with van der Waals surface area (Å²) in [6, 6.07) is -5.08. The number of nitrogens with two attached hydrogens (primary N) is 1. The fourth-order valence-corrected chi connectivity index (χ4v) is 3.40. The highest BCUT2D eigenvalue weighted by molar-refractivity contribution is 5.96. The van der Waals surface area contributed by atoms with Crippen molar-refractivity contribution in [2.24, 2.45) is 11.7 Å². The fourth-order valence-electron chi connectivity index (χ4n) is 3.40. The first-order chi connectivity index (χ1) is 14.3. The molecule has 5 unspecified atom stereocenters. The zero-order chi connectivity index (χ0) is 23.9. The lowest BCUT2D eigenvalue weighted by atomic mass is 10.0. The summed E-state index contributed by atoms with van der Waals surface area (Å²) in [5, 5.41) is 32.9. The van der Waals surface area contributed by atoms with Gasteiger partial charge < -0.3 is 36.6 Å². The second kappa shape index (κ2) is 11.6. The van der Waals surface area contributed by atoms with Gasteiger partial charge in [-0.2, -0.15) is 0 Å². The number of carboxylic acids is 2. The summed E-state index contributed by atoms with van der Waals surface area (Å²) in [5.74, 6) is -5.01. The van der Waals surface area contributed by atoms with Crippen molar-refractivity contribution in [2.45, 2.75) is 76.7 Å². The zero-order valence-corrected chi connectivity index (χ0v) is 17.9. The van der Waals surface area contributed by atoms with Gasteiger partial charge in [0.05, 0.1) is 18.6 Å². The monoisotopic (exact) mass is 444 g/mol. The van der Waals surface area contributed by atoms with Crippen molar-refractivity contribution in [3.63, 3.8) is 0 Å². The number of hydrogen-bond donors (Lipinski definition) is 6. The van der Waals surface area contributed by atoms with E-state index < -0.39 is 66.4 Å². The molecule has 1 aliphatic rings. The van der Waals surface area contributed by atoms with Crippen LogP contribution < -0.4 is 16.4 Å². The lowest BCUT2D eigenvalue weighted by molar-refractivity contribution is -0.150. The molecule has 0 aromatic rings. The van der Waals surface area contributed by atoms with E-state index in [-0.39, 0.29) is 18.9 Å². The van der Waals surface area contributed by atoms with Crippen LogP contribution in [0, 0.1) is 5.92 Å². The van der Waals surface area contributed by atoms with Crippen molar-refractivity contribution < 1.29 is 39.3 Å². The van der Waals surface area contributed by atoms with Crippen LogP contribution >= 0.6 is 0 Å². The molecule has 176 valence electrons. The maximum absolute atomic E-state index is 12.8. The van der Waals surface area contributed by atoms with Crippen molar-refractivity contribution in [3.05, 3.63) is 0 Å². The van der Waals surface area contributed by atoms with E-state index >= 15 is 0 Å². The quantitative estimate of drug-likeness (QED) is 0.214. The highest BCUT2D eigenvalue weighted by Crippen LogP contribution is 2.19. The first-order valence-electron chi connectivity index (χ1n) is 10.1. The number of carboxylic acid groups (broad SMARTS) is 2. The standard InChI is InChI=1S/C19H32N4O8/c1-9(2)7-11(20)16(27)22-15(10(3)24)17(28)21-12(8-14(25)26)18(29)23-6-4-5-13(23)19(30)31/h9-13,15,24H,4-8,20H2,1-3H3,(H,21,28)(H,22,27)(H,25,26)(H,30,31). The Bertz CT molecular complexity index is 696. The predicted molar refractivity (Wildman–Crippen MR) is 108 cm³/mol. The van der Waals surface area contributed by atoms with E-state index in [1.807, 2.05) is 13.8 Å². The first-order valence-corrected chi connectivity index (χ1v) is 10.1. The van der Waals surface area contributed by atoms with E-state index in [2.05, 4.69) is 10.6 Å². The Hall–Kier alpha value is -2.73. The molecule has 31 heavy (non-hydrogen) atoms. The van der Waals surface area contributed by atoms with Gasteiger partial charge in [-0.1, -0.05) is 13.8 Å². The van der Waals surface area contributed by atoms with Crippen LogP contribution in [0.15, 0.2) is 0 Å². The van der Waals surface area contributed by atoms with Crippen LogP contribution in [0.25, 0.3) is 0 Å². The highest BCUT2D eigenvalue weighted by Gasteiger charge is 2.39. The summed E-state index contributed by atoms with van der Waals surface area (Å²) in [7, 11) is 0. The van der Waals surface area contributed by atoms with Crippen LogP contribution in [0.1, 0.15) is 46.5 Å². The third-order valence-electron chi connectivity index (χ3n) is 4.94. The van der Waals surface area contributed by atoms with E-state index in [1.165, 1.54) is 6.92 Å². The van der Waals surface area contributed by atoms with Crippen molar-refractivity contribution in [3.8, 4) is 0 Å². The summed E-state index contributed by atoms with van der Waals surface area (Å²) in [4.78, 5) is 61.3. The number of aliphatic hydroxyl groups is 1. The molecule has 0 aliphatic carbocycles. The number of carbonyl (C=O) groups is 5. The average Bonchev–Trinajstić information content (AvgIpc) is 3.13. The molecule has 1 heterocycles. The topological polar surface area (TPSA) is 199 Å². The molecule has 0 aromatic heterocycles. The third-order valence-corrected chi connectivity index (χ3v) is 4.94. The number of rotatable bonds is 11. The number of likely N-dealkylation sites (tertiary alicyclic amines) is 1. The molecule has 1 fully saturated rings. The minimum absolute atomic E-state index is 0.111. The molecular weight excluding hydrogens is 412 g/mol. The maximum Gasteiger partial charge on any atom is 0.326 e. The molecule has 1 aliphatic heterocycles. The molecule has 12 heteroatoms. The van der Waals surface area contributed by atoms with Crippen LogP contribution in [0.3, 0.4) is 0 Å². The molecule has 5 atom stereocenters. The van der Waals surface area contributed by atoms with Gasteiger partial charge in [0.2, 0.25) is 17.7 Å². The second-order valence-electron chi connectivity index (χ2n) is 8.15. The number of aliphatic hydroxyl groups excluding tert-OH is 1.